The van der Waals surface area contributed by atoms with Crippen LogP contribution in [0.1, 0.15) is 41.2 Å². The summed E-state index contributed by atoms with van der Waals surface area (Å²) < 4.78 is 15.2. The lowest BCUT2D eigenvalue weighted by Crippen LogP contribution is -2.42. The zero-order chi connectivity index (χ0) is 18.8. The number of aryl methyl sites for hydroxylation is 1. The summed E-state index contributed by atoms with van der Waals surface area (Å²) in [6, 6.07) is 9.83. The van der Waals surface area contributed by atoms with E-state index in [1.165, 1.54) is 17.0 Å². The number of amides is 2. The number of aromatic nitrogens is 2. The number of imidazole rings is 1. The van der Waals surface area contributed by atoms with Crippen LogP contribution in [0.25, 0.3) is 0 Å². The summed E-state index contributed by atoms with van der Waals surface area (Å²) in [7, 11) is 1.88. The number of hydrogen-bond donors (Lipinski definition) is 1. The number of rotatable bonds is 4. The van der Waals surface area contributed by atoms with E-state index >= 15 is 0 Å². The Morgan fingerprint density at radius 1 is 1.33 bits per heavy atom. The molecule has 3 heterocycles. The van der Waals surface area contributed by atoms with Crippen LogP contribution in [0.4, 0.5) is 9.18 Å². The van der Waals surface area contributed by atoms with Gasteiger partial charge in [-0.05, 0) is 42.0 Å². The predicted octanol–water partition coefficient (Wildman–Crippen LogP) is 4.26. The van der Waals surface area contributed by atoms with Gasteiger partial charge in [0.1, 0.15) is 17.7 Å². The molecule has 2 unspecified atom stereocenters. The number of thiophene rings is 1. The monoisotopic (exact) mass is 384 g/mol. The second-order valence-electron chi connectivity index (χ2n) is 6.70. The molecule has 7 heteroatoms. The third-order valence-corrected chi connectivity index (χ3v) is 5.95. The van der Waals surface area contributed by atoms with Crippen LogP contribution in [0.2, 0.25) is 0 Å². The van der Waals surface area contributed by atoms with E-state index in [1.807, 2.05) is 34.2 Å². The first-order valence-corrected chi connectivity index (χ1v) is 9.84. The Morgan fingerprint density at radius 2 is 2.15 bits per heavy atom. The van der Waals surface area contributed by atoms with Crippen LogP contribution in [0.5, 0.6) is 0 Å². The van der Waals surface area contributed by atoms with Gasteiger partial charge in [-0.2, -0.15) is 0 Å². The van der Waals surface area contributed by atoms with E-state index in [2.05, 4.69) is 16.4 Å². The predicted molar refractivity (Wildman–Crippen MR) is 103 cm³/mol. The summed E-state index contributed by atoms with van der Waals surface area (Å²) >= 11 is 1.68. The van der Waals surface area contributed by atoms with Crippen molar-refractivity contribution in [2.45, 2.75) is 24.9 Å². The van der Waals surface area contributed by atoms with Crippen molar-refractivity contribution in [3.8, 4) is 0 Å². The molecule has 0 aliphatic carbocycles. The second kappa shape index (κ2) is 7.52. The Balaban J connectivity index is 1.60. The van der Waals surface area contributed by atoms with Crippen molar-refractivity contribution in [1.82, 2.24) is 19.8 Å². The molecule has 2 atom stereocenters. The highest BCUT2D eigenvalue weighted by Gasteiger charge is 2.32. The third-order valence-electron chi connectivity index (χ3n) is 4.97. The van der Waals surface area contributed by atoms with Gasteiger partial charge >= 0.3 is 6.03 Å². The largest absolute Gasteiger partial charge is 0.336 e. The van der Waals surface area contributed by atoms with Crippen molar-refractivity contribution >= 4 is 17.4 Å². The Labute approximate surface area is 161 Å². The fourth-order valence-corrected chi connectivity index (χ4v) is 4.47. The van der Waals surface area contributed by atoms with Crippen LogP contribution in [-0.2, 0) is 7.05 Å². The highest BCUT2D eigenvalue weighted by molar-refractivity contribution is 7.10. The molecular weight excluding hydrogens is 363 g/mol. The Hall–Kier alpha value is -2.67. The fourth-order valence-electron chi connectivity index (χ4n) is 3.60. The van der Waals surface area contributed by atoms with Crippen molar-refractivity contribution in [3.63, 3.8) is 0 Å². The van der Waals surface area contributed by atoms with Crippen molar-refractivity contribution in [2.24, 2.45) is 7.05 Å². The molecule has 27 heavy (non-hydrogen) atoms. The van der Waals surface area contributed by atoms with Crippen LogP contribution in [0.15, 0.2) is 54.2 Å². The van der Waals surface area contributed by atoms with E-state index in [4.69, 9.17) is 0 Å². The van der Waals surface area contributed by atoms with Gasteiger partial charge in [-0.3, -0.25) is 0 Å². The Kier molecular flexibility index (Phi) is 4.94. The molecule has 4 rings (SSSR count). The zero-order valence-corrected chi connectivity index (χ0v) is 15.8. The summed E-state index contributed by atoms with van der Waals surface area (Å²) in [5.74, 6) is 0.405. The van der Waals surface area contributed by atoms with Crippen LogP contribution in [0.3, 0.4) is 0 Å². The summed E-state index contributed by atoms with van der Waals surface area (Å²) in [6.45, 7) is 0.727. The van der Waals surface area contributed by atoms with Gasteiger partial charge in [-0.25, -0.2) is 14.2 Å². The van der Waals surface area contributed by atoms with E-state index in [-0.39, 0.29) is 17.9 Å². The minimum Gasteiger partial charge on any atom is -0.336 e. The third kappa shape index (κ3) is 3.60. The topological polar surface area (TPSA) is 50.2 Å². The van der Waals surface area contributed by atoms with E-state index < -0.39 is 6.04 Å². The molecular formula is C20H21FN4OS. The van der Waals surface area contributed by atoms with Crippen LogP contribution < -0.4 is 5.32 Å². The molecule has 0 bridgehead atoms. The smallest absolute Gasteiger partial charge is 0.318 e. The first kappa shape index (κ1) is 17.7. The van der Waals surface area contributed by atoms with E-state index in [0.29, 0.717) is 5.82 Å². The molecule has 0 radical (unpaired) electrons. The summed E-state index contributed by atoms with van der Waals surface area (Å²) in [5, 5.41) is 5.16. The molecule has 140 valence electrons. The lowest BCUT2D eigenvalue weighted by Gasteiger charge is -2.27. The number of halogens is 1. The van der Waals surface area contributed by atoms with Gasteiger partial charge in [-0.1, -0.05) is 18.2 Å². The molecule has 1 N–H and O–H groups in total. The van der Waals surface area contributed by atoms with E-state index in [9.17, 15) is 9.18 Å². The highest BCUT2D eigenvalue weighted by atomic mass is 32.1. The molecule has 1 fully saturated rings. The molecule has 1 aliphatic rings. The first-order chi connectivity index (χ1) is 13.1. The average Bonchev–Trinajstić information content (AvgIpc) is 3.41. The van der Waals surface area contributed by atoms with Gasteiger partial charge in [0.25, 0.3) is 0 Å². The molecule has 1 aliphatic heterocycles. The van der Waals surface area contributed by atoms with Gasteiger partial charge in [-0.15, -0.1) is 11.3 Å². The zero-order valence-electron chi connectivity index (χ0n) is 15.0. The Bertz CT molecular complexity index is 906. The number of hydrogen-bond acceptors (Lipinski definition) is 3. The van der Waals surface area contributed by atoms with Gasteiger partial charge in [0, 0.05) is 30.9 Å². The van der Waals surface area contributed by atoms with Crippen LogP contribution in [0, 0.1) is 5.82 Å². The normalized spacial score (nSPS) is 17.9. The number of nitrogens with zero attached hydrogens (tertiary/aromatic N) is 3. The van der Waals surface area contributed by atoms with Crippen LogP contribution >= 0.6 is 11.3 Å². The first-order valence-electron chi connectivity index (χ1n) is 8.96. The number of nitrogens with one attached hydrogen (secondary N) is 1. The second-order valence-corrected chi connectivity index (χ2v) is 7.68. The van der Waals surface area contributed by atoms with Crippen molar-refractivity contribution in [1.29, 1.82) is 0 Å². The van der Waals surface area contributed by atoms with Gasteiger partial charge in [0.05, 0.1) is 6.04 Å². The maximum Gasteiger partial charge on any atom is 0.318 e. The van der Waals surface area contributed by atoms with E-state index in [1.54, 1.807) is 29.7 Å². The number of carbonyl (C=O) groups excluding carboxylic acids is 1. The minimum absolute atomic E-state index is 0.111. The Morgan fingerprint density at radius 3 is 2.81 bits per heavy atom. The molecule has 2 amide bonds. The van der Waals surface area contributed by atoms with Crippen molar-refractivity contribution in [2.75, 3.05) is 6.54 Å². The molecule has 0 saturated carbocycles. The molecule has 5 nitrogen and oxygen atoms in total. The minimum atomic E-state index is -0.442. The lowest BCUT2D eigenvalue weighted by molar-refractivity contribution is 0.190. The molecule has 0 spiro atoms. The van der Waals surface area contributed by atoms with Crippen molar-refractivity contribution < 1.29 is 9.18 Å². The highest BCUT2D eigenvalue weighted by Crippen LogP contribution is 2.35. The standard InChI is InChI=1S/C20H21FN4OS/c1-24-12-10-22-19(24)18(14-6-8-15(21)9-7-14)23-20(26)25-11-2-4-16(25)17-5-3-13-27-17/h3,5-10,12-13,16,18H,2,4,11H2,1H3,(H,23,26). The molecule has 1 aromatic carbocycles. The van der Waals surface area contributed by atoms with E-state index in [0.717, 1.165) is 24.9 Å². The van der Waals surface area contributed by atoms with Crippen LogP contribution in [-0.4, -0.2) is 27.0 Å². The molecule has 1 saturated heterocycles. The molecule has 2 aromatic heterocycles. The summed E-state index contributed by atoms with van der Waals surface area (Å²) in [5.41, 5.74) is 0.797. The maximum atomic E-state index is 13.4. The summed E-state index contributed by atoms with van der Waals surface area (Å²) in [6.07, 6.45) is 5.49. The fraction of sp³-hybridized carbons (Fsp3) is 0.300. The number of urea groups is 1. The number of likely N-dealkylation sites (tertiary alicyclic amines) is 1. The van der Waals surface area contributed by atoms with Crippen molar-refractivity contribution in [3.05, 3.63) is 76.3 Å². The molecule has 3 aromatic rings. The average molecular weight is 384 g/mol. The van der Waals surface area contributed by atoms with Gasteiger partial charge in [0.2, 0.25) is 0 Å². The summed E-state index contributed by atoms with van der Waals surface area (Å²) in [4.78, 5) is 20.6. The quantitative estimate of drug-likeness (QED) is 0.731. The SMILES string of the molecule is Cn1ccnc1C(NC(=O)N1CCCC1c1cccs1)c1ccc(F)cc1. The number of benzene rings is 1. The van der Waals surface area contributed by atoms with Gasteiger partial charge in [0.15, 0.2) is 0 Å². The maximum absolute atomic E-state index is 13.4. The number of carbonyl (C=O) groups is 1. The van der Waals surface area contributed by atoms with Gasteiger partial charge < -0.3 is 14.8 Å². The lowest BCUT2D eigenvalue weighted by atomic mass is 10.1.